The first-order valence-corrected chi connectivity index (χ1v) is 17.6. The number of furan rings is 1. The monoisotopic (exact) mass is 646 g/mol. The van der Waals surface area contributed by atoms with E-state index < -0.39 is 0 Å². The average molecular weight is 647 g/mol. The van der Waals surface area contributed by atoms with Gasteiger partial charge in [-0.05, 0) is 118 Å². The molecular weight excluding hydrogens is 617 g/mol. The van der Waals surface area contributed by atoms with E-state index >= 15 is 0 Å². The van der Waals surface area contributed by atoms with Crippen molar-refractivity contribution in [2.75, 3.05) is 0 Å². The molecule has 0 aliphatic carbocycles. The second-order valence-electron chi connectivity index (χ2n) is 13.7. The lowest BCUT2D eigenvalue weighted by Crippen LogP contribution is -1.86. The molecule has 236 valence electrons. The highest BCUT2D eigenvalue weighted by Crippen LogP contribution is 2.39. The van der Waals surface area contributed by atoms with Crippen molar-refractivity contribution in [1.82, 2.24) is 0 Å². The Kier molecular flexibility index (Phi) is 6.02. The number of fused-ring (bicyclic) bond motifs is 11. The molecular formula is C50H30O. The van der Waals surface area contributed by atoms with Crippen LogP contribution in [0.1, 0.15) is 0 Å². The molecule has 0 unspecified atom stereocenters. The van der Waals surface area contributed by atoms with Crippen LogP contribution < -0.4 is 0 Å². The smallest absolute Gasteiger partial charge is 0.143 e. The molecule has 0 spiro atoms. The fraction of sp³-hybridized carbons (Fsp3) is 0. The molecule has 0 saturated carbocycles. The molecule has 1 heterocycles. The molecule has 1 nitrogen and oxygen atoms in total. The number of para-hydroxylation sites is 2. The Morgan fingerprint density at radius 1 is 0.255 bits per heavy atom. The summed E-state index contributed by atoms with van der Waals surface area (Å²) in [6.07, 6.45) is 0. The SMILES string of the molecule is c1ccc2c(c1)oc1c(-c3ccc4cc(-c5ccc6cc(-c7ccc8c9ccccc9c9ccccc9c8c7)ccc6c5)ccc4c3)cccc12. The van der Waals surface area contributed by atoms with Gasteiger partial charge in [0.2, 0.25) is 0 Å². The second-order valence-corrected chi connectivity index (χ2v) is 13.7. The maximum absolute atomic E-state index is 6.34. The van der Waals surface area contributed by atoms with Gasteiger partial charge in [0.1, 0.15) is 11.2 Å². The zero-order valence-electron chi connectivity index (χ0n) is 27.7. The molecule has 0 aliphatic heterocycles. The van der Waals surface area contributed by atoms with Crippen LogP contribution in [-0.4, -0.2) is 0 Å². The predicted molar refractivity (Wildman–Crippen MR) is 218 cm³/mol. The van der Waals surface area contributed by atoms with Gasteiger partial charge in [-0.1, -0.05) is 146 Å². The lowest BCUT2D eigenvalue weighted by atomic mass is 9.91. The van der Waals surface area contributed by atoms with Crippen molar-refractivity contribution in [3.8, 4) is 33.4 Å². The third-order valence-electron chi connectivity index (χ3n) is 10.8. The minimum atomic E-state index is 0.924. The first-order valence-electron chi connectivity index (χ1n) is 17.6. The highest BCUT2D eigenvalue weighted by molar-refractivity contribution is 6.25. The normalized spacial score (nSPS) is 11.9. The summed E-state index contributed by atoms with van der Waals surface area (Å²) in [7, 11) is 0. The minimum absolute atomic E-state index is 0.924. The van der Waals surface area contributed by atoms with Gasteiger partial charge in [-0.15, -0.1) is 0 Å². The number of hydrogen-bond donors (Lipinski definition) is 0. The van der Waals surface area contributed by atoms with Crippen LogP contribution in [0.15, 0.2) is 186 Å². The van der Waals surface area contributed by atoms with Crippen molar-refractivity contribution in [3.63, 3.8) is 0 Å². The molecule has 51 heavy (non-hydrogen) atoms. The summed E-state index contributed by atoms with van der Waals surface area (Å²) in [6.45, 7) is 0. The standard InChI is InChI=1S/C50H30O/c1-2-10-43-41(8-1)42-9-3-4-11-44(42)48-30-38(24-25-45(43)48)36-20-18-32-26-31(16-17-34(32)28-36)33-19-21-37-29-39(23-22-35(37)27-33)40-13-7-14-47-46-12-5-6-15-49(46)51-50(40)47/h1-30H. The second kappa shape index (κ2) is 10.9. The third-order valence-corrected chi connectivity index (χ3v) is 10.8. The maximum Gasteiger partial charge on any atom is 0.143 e. The van der Waals surface area contributed by atoms with E-state index in [2.05, 4.69) is 170 Å². The van der Waals surface area contributed by atoms with Crippen molar-refractivity contribution in [1.29, 1.82) is 0 Å². The highest BCUT2D eigenvalue weighted by Gasteiger charge is 2.13. The fourth-order valence-corrected chi connectivity index (χ4v) is 8.26. The molecule has 0 aliphatic rings. The summed E-state index contributed by atoms with van der Waals surface area (Å²) in [5.41, 5.74) is 9.05. The van der Waals surface area contributed by atoms with Crippen LogP contribution in [0.5, 0.6) is 0 Å². The van der Waals surface area contributed by atoms with Crippen LogP contribution in [0, 0.1) is 0 Å². The summed E-state index contributed by atoms with van der Waals surface area (Å²) in [5, 5.41) is 15.0. The molecule has 10 aromatic carbocycles. The van der Waals surface area contributed by atoms with Crippen molar-refractivity contribution in [2.24, 2.45) is 0 Å². The van der Waals surface area contributed by atoms with Crippen LogP contribution >= 0.6 is 0 Å². The van der Waals surface area contributed by atoms with Crippen LogP contribution in [0.2, 0.25) is 0 Å². The van der Waals surface area contributed by atoms with Gasteiger partial charge in [0.25, 0.3) is 0 Å². The molecule has 0 radical (unpaired) electrons. The van der Waals surface area contributed by atoms with E-state index in [-0.39, 0.29) is 0 Å². The third kappa shape index (κ3) is 4.42. The number of rotatable bonds is 3. The summed E-state index contributed by atoms with van der Waals surface area (Å²) < 4.78 is 6.34. The summed E-state index contributed by atoms with van der Waals surface area (Å²) >= 11 is 0. The van der Waals surface area contributed by atoms with E-state index in [1.165, 1.54) is 76.1 Å². The quantitative estimate of drug-likeness (QED) is 0.174. The molecule has 0 bridgehead atoms. The van der Waals surface area contributed by atoms with E-state index in [4.69, 9.17) is 4.42 Å². The van der Waals surface area contributed by atoms with Gasteiger partial charge in [-0.2, -0.15) is 0 Å². The van der Waals surface area contributed by atoms with Crippen LogP contribution in [0.4, 0.5) is 0 Å². The molecule has 11 rings (SSSR count). The Labute approximate surface area is 294 Å². The van der Waals surface area contributed by atoms with Gasteiger partial charge < -0.3 is 4.42 Å². The van der Waals surface area contributed by atoms with Gasteiger partial charge >= 0.3 is 0 Å². The topological polar surface area (TPSA) is 13.1 Å². The molecule has 1 heteroatoms. The molecule has 1 aromatic heterocycles. The Hall–Kier alpha value is -6.70. The summed E-state index contributed by atoms with van der Waals surface area (Å²) in [4.78, 5) is 0. The molecule has 0 atom stereocenters. The van der Waals surface area contributed by atoms with E-state index in [1.54, 1.807) is 0 Å². The Morgan fingerprint density at radius 3 is 1.25 bits per heavy atom. The minimum Gasteiger partial charge on any atom is -0.455 e. The van der Waals surface area contributed by atoms with E-state index in [0.717, 1.165) is 33.1 Å². The average Bonchev–Trinajstić information content (AvgIpc) is 3.59. The molecule has 11 aromatic rings. The van der Waals surface area contributed by atoms with Crippen LogP contribution in [0.3, 0.4) is 0 Å². The molecule has 0 saturated heterocycles. The van der Waals surface area contributed by atoms with E-state index in [0.29, 0.717) is 0 Å². The molecule has 0 N–H and O–H groups in total. The van der Waals surface area contributed by atoms with E-state index in [1.807, 2.05) is 12.1 Å². The summed E-state index contributed by atoms with van der Waals surface area (Å²) in [5.74, 6) is 0. The van der Waals surface area contributed by atoms with Gasteiger partial charge in [0, 0.05) is 16.3 Å². The predicted octanol–water partition coefficient (Wildman–Crippen LogP) is 14.4. The number of benzene rings is 10. The van der Waals surface area contributed by atoms with Crippen molar-refractivity contribution in [2.45, 2.75) is 0 Å². The maximum atomic E-state index is 6.34. The summed E-state index contributed by atoms with van der Waals surface area (Å²) in [6, 6.07) is 66.4. The Balaban J connectivity index is 0.943. The first kappa shape index (κ1) is 28.2. The van der Waals surface area contributed by atoms with Gasteiger partial charge in [-0.25, -0.2) is 0 Å². The molecule has 0 fully saturated rings. The Morgan fingerprint density at radius 2 is 0.667 bits per heavy atom. The highest BCUT2D eigenvalue weighted by atomic mass is 16.3. The van der Waals surface area contributed by atoms with E-state index in [9.17, 15) is 0 Å². The first-order chi connectivity index (χ1) is 25.2. The van der Waals surface area contributed by atoms with Crippen molar-refractivity contribution >= 4 is 75.8 Å². The van der Waals surface area contributed by atoms with Gasteiger partial charge in [0.15, 0.2) is 0 Å². The number of hydrogen-bond acceptors (Lipinski definition) is 1. The lowest BCUT2D eigenvalue weighted by Gasteiger charge is -2.12. The van der Waals surface area contributed by atoms with Gasteiger partial charge in [0.05, 0.1) is 0 Å². The van der Waals surface area contributed by atoms with Crippen molar-refractivity contribution < 1.29 is 4.42 Å². The zero-order chi connectivity index (χ0) is 33.5. The van der Waals surface area contributed by atoms with Crippen LogP contribution in [0.25, 0.3) is 109 Å². The zero-order valence-corrected chi connectivity index (χ0v) is 27.7. The Bertz CT molecular complexity index is 3160. The van der Waals surface area contributed by atoms with Gasteiger partial charge in [-0.3, -0.25) is 0 Å². The molecule has 0 amide bonds. The fourth-order valence-electron chi connectivity index (χ4n) is 8.26. The lowest BCUT2D eigenvalue weighted by molar-refractivity contribution is 0.670. The van der Waals surface area contributed by atoms with Crippen molar-refractivity contribution in [3.05, 3.63) is 182 Å². The van der Waals surface area contributed by atoms with Crippen LogP contribution in [-0.2, 0) is 0 Å². The largest absolute Gasteiger partial charge is 0.455 e.